The Morgan fingerprint density at radius 1 is 1.31 bits per heavy atom. The second-order valence-corrected chi connectivity index (χ2v) is 3.57. The summed E-state index contributed by atoms with van der Waals surface area (Å²) in [5.41, 5.74) is 0.0335. The molecule has 16 heavy (non-hydrogen) atoms. The lowest BCUT2D eigenvalue weighted by molar-refractivity contribution is 0.288. The fourth-order valence-electron chi connectivity index (χ4n) is 1.54. The van der Waals surface area contributed by atoms with Crippen molar-refractivity contribution in [3.63, 3.8) is 0 Å². The van der Waals surface area contributed by atoms with Crippen LogP contribution in [0.15, 0.2) is 18.2 Å². The van der Waals surface area contributed by atoms with E-state index in [2.05, 4.69) is 0 Å². The Balaban J connectivity index is 2.81. The van der Waals surface area contributed by atoms with E-state index in [1.165, 1.54) is 18.2 Å². The maximum atomic E-state index is 13.3. The average molecular weight is 224 g/mol. The van der Waals surface area contributed by atoms with E-state index in [0.717, 1.165) is 6.42 Å². The van der Waals surface area contributed by atoms with E-state index in [4.69, 9.17) is 5.26 Å². The Labute approximate surface area is 94.1 Å². The smallest absolute Gasteiger partial charge is 0.130 e. The number of rotatable bonds is 5. The highest BCUT2D eigenvalue weighted by atomic mass is 19.1. The van der Waals surface area contributed by atoms with Gasteiger partial charge in [0.1, 0.15) is 11.6 Å². The van der Waals surface area contributed by atoms with Crippen LogP contribution in [0.25, 0.3) is 0 Å². The van der Waals surface area contributed by atoms with Crippen LogP contribution in [0.2, 0.25) is 0 Å². The van der Waals surface area contributed by atoms with Crippen molar-refractivity contribution in [2.24, 2.45) is 0 Å². The van der Waals surface area contributed by atoms with Crippen LogP contribution in [0, 0.1) is 23.0 Å². The summed E-state index contributed by atoms with van der Waals surface area (Å²) < 4.78 is 26.7. The summed E-state index contributed by atoms with van der Waals surface area (Å²) in [5, 5.41) is 8.60. The molecule has 0 amide bonds. The lowest BCUT2D eigenvalue weighted by atomic mass is 10.2. The molecule has 0 atom stereocenters. The predicted octanol–water partition coefficient (Wildman–Crippen LogP) is 2.70. The Kier molecular flexibility index (Phi) is 4.87. The van der Waals surface area contributed by atoms with Gasteiger partial charge in [-0.2, -0.15) is 5.26 Å². The topological polar surface area (TPSA) is 27.0 Å². The van der Waals surface area contributed by atoms with Crippen molar-refractivity contribution in [1.82, 2.24) is 4.90 Å². The molecule has 0 saturated heterocycles. The lowest BCUT2D eigenvalue weighted by Gasteiger charge is -2.18. The lowest BCUT2D eigenvalue weighted by Crippen LogP contribution is -2.25. The minimum atomic E-state index is -0.556. The molecule has 2 nitrogen and oxygen atoms in total. The fourth-order valence-corrected chi connectivity index (χ4v) is 1.54. The van der Waals surface area contributed by atoms with Gasteiger partial charge in [0.2, 0.25) is 0 Å². The van der Waals surface area contributed by atoms with Crippen molar-refractivity contribution in [2.45, 2.75) is 19.9 Å². The maximum absolute atomic E-state index is 13.3. The Morgan fingerprint density at radius 3 is 2.44 bits per heavy atom. The van der Waals surface area contributed by atoms with Crippen molar-refractivity contribution < 1.29 is 8.78 Å². The molecule has 0 fully saturated rings. The molecule has 0 aromatic heterocycles. The molecule has 0 aliphatic carbocycles. The molecule has 4 heteroatoms. The van der Waals surface area contributed by atoms with E-state index < -0.39 is 11.6 Å². The molecule has 0 saturated carbocycles. The van der Waals surface area contributed by atoms with Crippen LogP contribution in [0.3, 0.4) is 0 Å². The molecule has 1 aromatic carbocycles. The summed E-state index contributed by atoms with van der Waals surface area (Å²) >= 11 is 0. The zero-order valence-corrected chi connectivity index (χ0v) is 9.21. The maximum Gasteiger partial charge on any atom is 0.130 e. The number of nitrogens with zero attached hydrogens (tertiary/aromatic N) is 2. The van der Waals surface area contributed by atoms with Crippen molar-refractivity contribution in [2.75, 3.05) is 13.1 Å². The highest BCUT2D eigenvalue weighted by Gasteiger charge is 2.12. The minimum absolute atomic E-state index is 0.0335. The summed E-state index contributed by atoms with van der Waals surface area (Å²) in [5.74, 6) is -1.11. The van der Waals surface area contributed by atoms with Crippen molar-refractivity contribution in [3.8, 4) is 6.07 Å². The molecule has 0 aliphatic heterocycles. The standard InChI is InChI=1S/C12H14F2N2/c1-2-7-16(8-6-15)9-10-11(13)4-3-5-12(10)14/h3-5H,2,7-9H2,1H3. The van der Waals surface area contributed by atoms with Gasteiger partial charge in [-0.3, -0.25) is 4.90 Å². The molecule has 1 rings (SSSR count). The van der Waals surface area contributed by atoms with Gasteiger partial charge in [-0.15, -0.1) is 0 Å². The van der Waals surface area contributed by atoms with Gasteiger partial charge in [-0.25, -0.2) is 8.78 Å². The molecule has 0 unspecified atom stereocenters. The number of halogens is 2. The van der Waals surface area contributed by atoms with Crippen LogP contribution in [0.1, 0.15) is 18.9 Å². The van der Waals surface area contributed by atoms with Crippen LogP contribution in [-0.2, 0) is 6.54 Å². The third kappa shape index (κ3) is 3.28. The molecule has 0 bridgehead atoms. The van der Waals surface area contributed by atoms with Crippen LogP contribution in [0.5, 0.6) is 0 Å². The van der Waals surface area contributed by atoms with Gasteiger partial charge in [-0.05, 0) is 25.1 Å². The highest BCUT2D eigenvalue weighted by molar-refractivity contribution is 5.19. The van der Waals surface area contributed by atoms with Crippen molar-refractivity contribution >= 4 is 0 Å². The van der Waals surface area contributed by atoms with Gasteiger partial charge in [0.05, 0.1) is 12.6 Å². The van der Waals surface area contributed by atoms with E-state index >= 15 is 0 Å². The minimum Gasteiger partial charge on any atom is -0.286 e. The number of benzene rings is 1. The highest BCUT2D eigenvalue weighted by Crippen LogP contribution is 2.14. The van der Waals surface area contributed by atoms with E-state index in [0.29, 0.717) is 6.54 Å². The molecule has 0 spiro atoms. The van der Waals surface area contributed by atoms with Crippen LogP contribution < -0.4 is 0 Å². The number of hydrogen-bond acceptors (Lipinski definition) is 2. The first-order chi connectivity index (χ1) is 7.69. The zero-order chi connectivity index (χ0) is 12.0. The summed E-state index contributed by atoms with van der Waals surface area (Å²) in [4.78, 5) is 1.72. The fraction of sp³-hybridized carbons (Fsp3) is 0.417. The quantitative estimate of drug-likeness (QED) is 0.719. The molecular formula is C12H14F2N2. The summed E-state index contributed by atoms with van der Waals surface area (Å²) in [6, 6.07) is 5.79. The van der Waals surface area contributed by atoms with Gasteiger partial charge < -0.3 is 0 Å². The monoisotopic (exact) mass is 224 g/mol. The molecular weight excluding hydrogens is 210 g/mol. The first-order valence-electron chi connectivity index (χ1n) is 5.21. The van der Waals surface area contributed by atoms with Crippen molar-refractivity contribution in [3.05, 3.63) is 35.4 Å². The van der Waals surface area contributed by atoms with Crippen molar-refractivity contribution in [1.29, 1.82) is 5.26 Å². The molecule has 0 heterocycles. The van der Waals surface area contributed by atoms with Gasteiger partial charge in [0.15, 0.2) is 0 Å². The summed E-state index contributed by atoms with van der Waals surface area (Å²) in [6.07, 6.45) is 0.845. The number of nitriles is 1. The predicted molar refractivity (Wildman–Crippen MR) is 57.5 cm³/mol. The Hall–Kier alpha value is -1.47. The van der Waals surface area contributed by atoms with Gasteiger partial charge in [-0.1, -0.05) is 13.0 Å². The SMILES string of the molecule is CCCN(CC#N)Cc1c(F)cccc1F. The first-order valence-corrected chi connectivity index (χ1v) is 5.21. The average Bonchev–Trinajstić information content (AvgIpc) is 2.24. The summed E-state index contributed by atoms with van der Waals surface area (Å²) in [6.45, 7) is 2.94. The second-order valence-electron chi connectivity index (χ2n) is 3.57. The Morgan fingerprint density at radius 2 is 1.94 bits per heavy atom. The van der Waals surface area contributed by atoms with E-state index in [1.54, 1.807) is 4.90 Å². The van der Waals surface area contributed by atoms with Gasteiger partial charge in [0.25, 0.3) is 0 Å². The van der Waals surface area contributed by atoms with E-state index in [9.17, 15) is 8.78 Å². The van der Waals surface area contributed by atoms with Crippen LogP contribution in [0.4, 0.5) is 8.78 Å². The van der Waals surface area contributed by atoms with Crippen LogP contribution in [-0.4, -0.2) is 18.0 Å². The second kappa shape index (κ2) is 6.19. The molecule has 86 valence electrons. The molecule has 0 aliphatic rings. The molecule has 1 aromatic rings. The zero-order valence-electron chi connectivity index (χ0n) is 9.21. The molecule has 0 radical (unpaired) electrons. The largest absolute Gasteiger partial charge is 0.286 e. The number of hydrogen-bond donors (Lipinski definition) is 0. The summed E-state index contributed by atoms with van der Waals surface area (Å²) in [7, 11) is 0. The third-order valence-electron chi connectivity index (χ3n) is 2.28. The van der Waals surface area contributed by atoms with E-state index in [1.807, 2.05) is 13.0 Å². The van der Waals surface area contributed by atoms with E-state index in [-0.39, 0.29) is 18.7 Å². The normalized spacial score (nSPS) is 10.4. The van der Waals surface area contributed by atoms with Gasteiger partial charge >= 0.3 is 0 Å². The third-order valence-corrected chi connectivity index (χ3v) is 2.28. The Bertz CT molecular complexity index is 365. The first kappa shape index (κ1) is 12.6. The van der Waals surface area contributed by atoms with Crippen LogP contribution >= 0.6 is 0 Å². The molecule has 0 N–H and O–H groups in total. The van der Waals surface area contributed by atoms with Gasteiger partial charge in [0, 0.05) is 12.1 Å².